The second kappa shape index (κ2) is 9.13. The number of benzene rings is 2. The van der Waals surface area contributed by atoms with Gasteiger partial charge in [-0.3, -0.25) is 4.79 Å². The van der Waals surface area contributed by atoms with E-state index in [1.165, 1.54) is 11.3 Å². The van der Waals surface area contributed by atoms with Crippen LogP contribution in [0.15, 0.2) is 60.8 Å². The lowest BCUT2D eigenvalue weighted by molar-refractivity contribution is 0.0951. The number of rotatable bonds is 7. The fourth-order valence-corrected chi connectivity index (χ4v) is 3.60. The molecule has 1 amide bonds. The molecule has 0 spiro atoms. The van der Waals surface area contributed by atoms with Crippen molar-refractivity contribution in [1.29, 1.82) is 0 Å². The zero-order valence-electron chi connectivity index (χ0n) is 16.6. The largest absolute Gasteiger partial charge is 0.372 e. The Morgan fingerprint density at radius 2 is 1.68 bits per heavy atom. The molecule has 0 aliphatic rings. The number of thiazole rings is 1. The first kappa shape index (κ1) is 20.2. The summed E-state index contributed by atoms with van der Waals surface area (Å²) in [4.78, 5) is 17.5. The summed E-state index contributed by atoms with van der Waals surface area (Å²) in [6.07, 6.45) is 1.66. The van der Waals surface area contributed by atoms with Crippen molar-refractivity contribution in [3.05, 3.63) is 87.4 Å². The van der Waals surface area contributed by atoms with Gasteiger partial charge < -0.3 is 10.1 Å². The van der Waals surface area contributed by atoms with Crippen LogP contribution in [0.4, 0.5) is 0 Å². The molecule has 0 fully saturated rings. The molecule has 1 N–H and O–H groups in total. The molecule has 146 valence electrons. The standard InChI is InChI=1S/C23H26N2O2S/c1-23(2,3)22-25-14-20(28-22)21(26)24-13-18-11-7-8-12-19(18)16-27-15-17-9-5-4-6-10-17/h4-12,14H,13,15-16H2,1-3H3,(H,24,26). The average Bonchev–Trinajstić information content (AvgIpc) is 3.19. The molecule has 5 heteroatoms. The summed E-state index contributed by atoms with van der Waals surface area (Å²) in [7, 11) is 0. The van der Waals surface area contributed by atoms with Gasteiger partial charge in [-0.1, -0.05) is 75.4 Å². The molecule has 28 heavy (non-hydrogen) atoms. The highest BCUT2D eigenvalue weighted by atomic mass is 32.1. The Balaban J connectivity index is 1.57. The molecule has 0 atom stereocenters. The molecule has 0 radical (unpaired) electrons. The van der Waals surface area contributed by atoms with Gasteiger partial charge in [0, 0.05) is 12.0 Å². The molecule has 0 aliphatic carbocycles. The molecule has 1 heterocycles. The molecule has 3 aromatic rings. The molecule has 0 unspecified atom stereocenters. The van der Waals surface area contributed by atoms with Crippen molar-refractivity contribution in [3.63, 3.8) is 0 Å². The van der Waals surface area contributed by atoms with E-state index in [-0.39, 0.29) is 11.3 Å². The van der Waals surface area contributed by atoms with Gasteiger partial charge in [-0.05, 0) is 16.7 Å². The number of carbonyl (C=O) groups is 1. The third-order valence-electron chi connectivity index (χ3n) is 4.30. The first-order valence-corrected chi connectivity index (χ1v) is 10.2. The second-order valence-electron chi connectivity index (χ2n) is 7.71. The molecule has 0 bridgehead atoms. The van der Waals surface area contributed by atoms with Gasteiger partial charge in [0.1, 0.15) is 4.88 Å². The van der Waals surface area contributed by atoms with Gasteiger partial charge in [0.25, 0.3) is 5.91 Å². The highest BCUT2D eigenvalue weighted by Gasteiger charge is 2.20. The lowest BCUT2D eigenvalue weighted by atomic mass is 9.98. The lowest BCUT2D eigenvalue weighted by Gasteiger charge is -2.13. The van der Waals surface area contributed by atoms with Crippen molar-refractivity contribution < 1.29 is 9.53 Å². The van der Waals surface area contributed by atoms with Crippen LogP contribution in [0.2, 0.25) is 0 Å². The van der Waals surface area contributed by atoms with E-state index in [0.717, 1.165) is 21.7 Å². The third-order valence-corrected chi connectivity index (χ3v) is 5.72. The summed E-state index contributed by atoms with van der Waals surface area (Å²) in [5.41, 5.74) is 3.24. The van der Waals surface area contributed by atoms with E-state index in [2.05, 4.69) is 31.1 Å². The van der Waals surface area contributed by atoms with E-state index in [1.54, 1.807) is 6.20 Å². The minimum absolute atomic E-state index is 0.0497. The summed E-state index contributed by atoms with van der Waals surface area (Å²) in [5.74, 6) is -0.0898. The Bertz CT molecular complexity index is 914. The van der Waals surface area contributed by atoms with Gasteiger partial charge >= 0.3 is 0 Å². The summed E-state index contributed by atoms with van der Waals surface area (Å²) in [6.45, 7) is 7.83. The van der Waals surface area contributed by atoms with Crippen LogP contribution in [0.1, 0.15) is 52.1 Å². The van der Waals surface area contributed by atoms with Crippen LogP contribution in [0, 0.1) is 0 Å². The van der Waals surface area contributed by atoms with Crippen LogP contribution in [-0.2, 0) is 29.9 Å². The SMILES string of the molecule is CC(C)(C)c1ncc(C(=O)NCc2ccccc2COCc2ccccc2)s1. The van der Waals surface area contributed by atoms with E-state index in [9.17, 15) is 4.79 Å². The summed E-state index contributed by atoms with van der Waals surface area (Å²) in [6, 6.07) is 18.1. The monoisotopic (exact) mass is 394 g/mol. The van der Waals surface area contributed by atoms with Crippen molar-refractivity contribution in [2.24, 2.45) is 0 Å². The fraction of sp³-hybridized carbons (Fsp3) is 0.304. The molecule has 2 aromatic carbocycles. The van der Waals surface area contributed by atoms with Crippen molar-refractivity contribution in [1.82, 2.24) is 10.3 Å². The summed E-state index contributed by atoms with van der Waals surface area (Å²) >= 11 is 1.45. The van der Waals surface area contributed by atoms with Crippen LogP contribution in [0.3, 0.4) is 0 Å². The number of ether oxygens (including phenoxy) is 1. The van der Waals surface area contributed by atoms with Crippen LogP contribution in [-0.4, -0.2) is 10.9 Å². The maximum atomic E-state index is 12.5. The molecule has 1 aromatic heterocycles. The van der Waals surface area contributed by atoms with E-state index in [0.29, 0.717) is 24.6 Å². The topological polar surface area (TPSA) is 51.2 Å². The number of hydrogen-bond acceptors (Lipinski definition) is 4. The average molecular weight is 395 g/mol. The summed E-state index contributed by atoms with van der Waals surface area (Å²) < 4.78 is 5.86. The van der Waals surface area contributed by atoms with Gasteiger partial charge in [-0.15, -0.1) is 11.3 Å². The first-order chi connectivity index (χ1) is 13.4. The highest BCUT2D eigenvalue weighted by molar-refractivity contribution is 7.13. The predicted molar refractivity (Wildman–Crippen MR) is 113 cm³/mol. The Morgan fingerprint density at radius 3 is 2.36 bits per heavy atom. The highest BCUT2D eigenvalue weighted by Crippen LogP contribution is 2.26. The number of aromatic nitrogens is 1. The molecule has 3 rings (SSSR count). The van der Waals surface area contributed by atoms with Crippen LogP contribution < -0.4 is 5.32 Å². The molecule has 4 nitrogen and oxygen atoms in total. The van der Waals surface area contributed by atoms with Crippen LogP contribution in [0.25, 0.3) is 0 Å². The van der Waals surface area contributed by atoms with Gasteiger partial charge in [0.05, 0.1) is 24.4 Å². The summed E-state index contributed by atoms with van der Waals surface area (Å²) in [5, 5.41) is 3.97. The molecular weight excluding hydrogens is 368 g/mol. The minimum Gasteiger partial charge on any atom is -0.372 e. The van der Waals surface area contributed by atoms with Crippen molar-refractivity contribution in [2.75, 3.05) is 0 Å². The van der Waals surface area contributed by atoms with Crippen molar-refractivity contribution in [2.45, 2.75) is 45.9 Å². The van der Waals surface area contributed by atoms with Gasteiger partial charge in [-0.2, -0.15) is 0 Å². The third kappa shape index (κ3) is 5.50. The van der Waals surface area contributed by atoms with Crippen LogP contribution >= 0.6 is 11.3 Å². The Morgan fingerprint density at radius 1 is 1.00 bits per heavy atom. The van der Waals surface area contributed by atoms with Gasteiger partial charge in [0.2, 0.25) is 0 Å². The van der Waals surface area contributed by atoms with Crippen molar-refractivity contribution in [3.8, 4) is 0 Å². The smallest absolute Gasteiger partial charge is 0.263 e. The molecular formula is C23H26N2O2S. The fourth-order valence-electron chi connectivity index (χ4n) is 2.71. The minimum atomic E-state index is -0.0898. The molecule has 0 saturated carbocycles. The predicted octanol–water partition coefficient (Wildman–Crippen LogP) is 5.09. The van der Waals surface area contributed by atoms with E-state index >= 15 is 0 Å². The van der Waals surface area contributed by atoms with E-state index < -0.39 is 0 Å². The Kier molecular flexibility index (Phi) is 6.60. The first-order valence-electron chi connectivity index (χ1n) is 9.36. The maximum Gasteiger partial charge on any atom is 0.263 e. The number of nitrogens with zero attached hydrogens (tertiary/aromatic N) is 1. The quantitative estimate of drug-likeness (QED) is 0.607. The van der Waals surface area contributed by atoms with Crippen LogP contribution in [0.5, 0.6) is 0 Å². The van der Waals surface area contributed by atoms with Gasteiger partial charge in [0.15, 0.2) is 0 Å². The molecule has 0 saturated heterocycles. The zero-order valence-corrected chi connectivity index (χ0v) is 17.4. The maximum absolute atomic E-state index is 12.5. The second-order valence-corrected chi connectivity index (χ2v) is 8.74. The number of hydrogen-bond donors (Lipinski definition) is 1. The van der Waals surface area contributed by atoms with E-state index in [4.69, 9.17) is 4.74 Å². The van der Waals surface area contributed by atoms with Crippen molar-refractivity contribution >= 4 is 17.2 Å². The zero-order chi connectivity index (χ0) is 20.0. The van der Waals surface area contributed by atoms with Gasteiger partial charge in [-0.25, -0.2) is 4.98 Å². The number of carbonyl (C=O) groups excluding carboxylic acids is 1. The van der Waals surface area contributed by atoms with E-state index in [1.807, 2.05) is 54.6 Å². The molecule has 0 aliphatic heterocycles. The number of amides is 1. The Labute approximate surface area is 170 Å². The Hall–Kier alpha value is -2.50. The normalized spacial score (nSPS) is 11.4. The lowest BCUT2D eigenvalue weighted by Crippen LogP contribution is -2.22. The number of nitrogens with one attached hydrogen (secondary N) is 1.